The van der Waals surface area contributed by atoms with E-state index in [1.165, 1.54) is 56.9 Å². The van der Waals surface area contributed by atoms with Crippen LogP contribution in [0, 0.1) is 0 Å². The van der Waals surface area contributed by atoms with Gasteiger partial charge < -0.3 is 10.3 Å². The van der Waals surface area contributed by atoms with Crippen molar-refractivity contribution in [1.29, 1.82) is 0 Å². The summed E-state index contributed by atoms with van der Waals surface area (Å²) in [4.78, 5) is 0. The second-order valence-corrected chi connectivity index (χ2v) is 6.05. The molecular weight excluding hydrogens is 244 g/mol. The van der Waals surface area contributed by atoms with Gasteiger partial charge in [-0.15, -0.1) is 0 Å². The standard InChI is InChI=1S/C18H34N2/c1-3-5-6-7-8-9-10-11-14-20-15-13-17(16-20)18(19)12-4-2/h13,15-16,18H,3-12,14,19H2,1-2H3. The SMILES string of the molecule is CCCCCCCCCCn1ccc(C(N)CCC)c1. The van der Waals surface area contributed by atoms with E-state index < -0.39 is 0 Å². The van der Waals surface area contributed by atoms with E-state index in [0.29, 0.717) is 0 Å². The number of nitrogens with two attached hydrogens (primary N) is 1. The zero-order valence-electron chi connectivity index (χ0n) is 13.6. The average molecular weight is 278 g/mol. The third-order valence-corrected chi connectivity index (χ3v) is 4.07. The fourth-order valence-electron chi connectivity index (χ4n) is 2.72. The highest BCUT2D eigenvalue weighted by atomic mass is 14.9. The molecule has 0 radical (unpaired) electrons. The van der Waals surface area contributed by atoms with E-state index in [9.17, 15) is 0 Å². The number of hydrogen-bond acceptors (Lipinski definition) is 1. The van der Waals surface area contributed by atoms with Gasteiger partial charge in [-0.2, -0.15) is 0 Å². The molecule has 0 aromatic carbocycles. The molecule has 20 heavy (non-hydrogen) atoms. The van der Waals surface area contributed by atoms with Crippen molar-refractivity contribution in [2.75, 3.05) is 0 Å². The molecule has 0 aliphatic rings. The van der Waals surface area contributed by atoms with Crippen molar-refractivity contribution in [1.82, 2.24) is 4.57 Å². The van der Waals surface area contributed by atoms with Crippen LogP contribution in [0.15, 0.2) is 18.5 Å². The molecule has 1 atom stereocenters. The first kappa shape index (κ1) is 17.3. The molecule has 0 amide bonds. The first-order valence-electron chi connectivity index (χ1n) is 8.69. The Morgan fingerprint density at radius 1 is 0.950 bits per heavy atom. The Bertz CT molecular complexity index is 330. The number of unbranched alkanes of at least 4 members (excludes halogenated alkanes) is 7. The first-order chi connectivity index (χ1) is 9.77. The molecule has 1 aromatic heterocycles. The molecule has 116 valence electrons. The van der Waals surface area contributed by atoms with E-state index >= 15 is 0 Å². The monoisotopic (exact) mass is 278 g/mol. The average Bonchev–Trinajstić information content (AvgIpc) is 2.91. The summed E-state index contributed by atoms with van der Waals surface area (Å²) in [7, 11) is 0. The predicted molar refractivity (Wildman–Crippen MR) is 88.9 cm³/mol. The smallest absolute Gasteiger partial charge is 0.0309 e. The van der Waals surface area contributed by atoms with Crippen LogP contribution in [-0.4, -0.2) is 4.57 Å². The van der Waals surface area contributed by atoms with Gasteiger partial charge in [-0.05, 0) is 24.5 Å². The van der Waals surface area contributed by atoms with E-state index in [2.05, 4.69) is 36.9 Å². The lowest BCUT2D eigenvalue weighted by molar-refractivity contribution is 0.543. The molecule has 0 bridgehead atoms. The van der Waals surface area contributed by atoms with Crippen LogP contribution in [0.3, 0.4) is 0 Å². The molecule has 0 aliphatic carbocycles. The largest absolute Gasteiger partial charge is 0.354 e. The second kappa shape index (κ2) is 11.0. The van der Waals surface area contributed by atoms with Gasteiger partial charge in [0.25, 0.3) is 0 Å². The summed E-state index contributed by atoms with van der Waals surface area (Å²) in [5.41, 5.74) is 7.44. The first-order valence-corrected chi connectivity index (χ1v) is 8.69. The van der Waals surface area contributed by atoms with E-state index in [-0.39, 0.29) is 6.04 Å². The minimum atomic E-state index is 0.222. The topological polar surface area (TPSA) is 30.9 Å². The van der Waals surface area contributed by atoms with Crippen LogP contribution in [0.5, 0.6) is 0 Å². The Balaban J connectivity index is 2.07. The molecule has 1 aromatic rings. The van der Waals surface area contributed by atoms with Crippen LogP contribution < -0.4 is 5.73 Å². The maximum atomic E-state index is 6.14. The Morgan fingerprint density at radius 2 is 1.60 bits per heavy atom. The van der Waals surface area contributed by atoms with Gasteiger partial charge >= 0.3 is 0 Å². The van der Waals surface area contributed by atoms with Crippen molar-refractivity contribution in [2.45, 2.75) is 90.6 Å². The summed E-state index contributed by atoms with van der Waals surface area (Å²) >= 11 is 0. The Labute approximate surface area is 125 Å². The second-order valence-electron chi connectivity index (χ2n) is 6.05. The van der Waals surface area contributed by atoms with Crippen LogP contribution in [-0.2, 0) is 6.54 Å². The summed E-state index contributed by atoms with van der Waals surface area (Å²) < 4.78 is 2.31. The van der Waals surface area contributed by atoms with E-state index in [1.54, 1.807) is 0 Å². The Hall–Kier alpha value is -0.760. The molecule has 0 spiro atoms. The number of nitrogens with zero attached hydrogens (tertiary/aromatic N) is 1. The third-order valence-electron chi connectivity index (χ3n) is 4.07. The lowest BCUT2D eigenvalue weighted by Gasteiger charge is -2.07. The molecule has 1 unspecified atom stereocenters. The summed E-state index contributed by atoms with van der Waals surface area (Å²) in [6.07, 6.45) is 17.7. The molecule has 0 fully saturated rings. The predicted octanol–water partition coefficient (Wildman–Crippen LogP) is 5.43. The van der Waals surface area contributed by atoms with Crippen LogP contribution >= 0.6 is 0 Å². The van der Waals surface area contributed by atoms with Gasteiger partial charge in [-0.3, -0.25) is 0 Å². The maximum absolute atomic E-state index is 6.14. The lowest BCUT2D eigenvalue weighted by Crippen LogP contribution is -2.08. The highest BCUT2D eigenvalue weighted by Gasteiger charge is 2.05. The molecule has 1 heterocycles. The Morgan fingerprint density at radius 3 is 2.25 bits per heavy atom. The minimum Gasteiger partial charge on any atom is -0.354 e. The van der Waals surface area contributed by atoms with Crippen molar-refractivity contribution < 1.29 is 0 Å². The number of aryl methyl sites for hydroxylation is 1. The fourth-order valence-corrected chi connectivity index (χ4v) is 2.72. The molecule has 2 N–H and O–H groups in total. The van der Waals surface area contributed by atoms with Gasteiger partial charge in [0.15, 0.2) is 0 Å². The van der Waals surface area contributed by atoms with Crippen molar-refractivity contribution in [3.05, 3.63) is 24.0 Å². The minimum absolute atomic E-state index is 0.222. The summed E-state index contributed by atoms with van der Waals surface area (Å²) in [6.45, 7) is 5.61. The van der Waals surface area contributed by atoms with Crippen LogP contribution in [0.25, 0.3) is 0 Å². The zero-order valence-corrected chi connectivity index (χ0v) is 13.6. The maximum Gasteiger partial charge on any atom is 0.0309 e. The van der Waals surface area contributed by atoms with Crippen molar-refractivity contribution in [3.63, 3.8) is 0 Å². The molecule has 2 heteroatoms. The number of aromatic nitrogens is 1. The van der Waals surface area contributed by atoms with Gasteiger partial charge in [0, 0.05) is 25.0 Å². The van der Waals surface area contributed by atoms with Crippen LogP contribution in [0.4, 0.5) is 0 Å². The van der Waals surface area contributed by atoms with E-state index in [4.69, 9.17) is 5.73 Å². The van der Waals surface area contributed by atoms with Gasteiger partial charge in [0.2, 0.25) is 0 Å². The highest BCUT2D eigenvalue weighted by Crippen LogP contribution is 2.16. The lowest BCUT2D eigenvalue weighted by atomic mass is 10.1. The summed E-state index contributed by atoms with van der Waals surface area (Å²) in [5.74, 6) is 0. The van der Waals surface area contributed by atoms with Crippen LogP contribution in [0.2, 0.25) is 0 Å². The molecule has 0 saturated heterocycles. The fraction of sp³-hybridized carbons (Fsp3) is 0.778. The molecule has 1 rings (SSSR count). The third kappa shape index (κ3) is 7.14. The molecule has 2 nitrogen and oxygen atoms in total. The van der Waals surface area contributed by atoms with Gasteiger partial charge in [0.05, 0.1) is 0 Å². The zero-order chi connectivity index (χ0) is 14.6. The van der Waals surface area contributed by atoms with Crippen LogP contribution in [0.1, 0.15) is 89.7 Å². The number of hydrogen-bond donors (Lipinski definition) is 1. The van der Waals surface area contributed by atoms with Gasteiger partial charge in [0.1, 0.15) is 0 Å². The summed E-state index contributed by atoms with van der Waals surface area (Å²) in [6, 6.07) is 2.41. The molecule has 0 aliphatic heterocycles. The normalized spacial score (nSPS) is 12.8. The van der Waals surface area contributed by atoms with Gasteiger partial charge in [-0.1, -0.05) is 65.2 Å². The summed E-state index contributed by atoms with van der Waals surface area (Å²) in [5, 5.41) is 0. The van der Waals surface area contributed by atoms with E-state index in [0.717, 1.165) is 19.4 Å². The van der Waals surface area contributed by atoms with Crippen molar-refractivity contribution >= 4 is 0 Å². The molecule has 0 saturated carbocycles. The Kier molecular flexibility index (Phi) is 9.48. The van der Waals surface area contributed by atoms with Crippen molar-refractivity contribution in [3.8, 4) is 0 Å². The quantitative estimate of drug-likeness (QED) is 0.508. The van der Waals surface area contributed by atoms with Crippen molar-refractivity contribution in [2.24, 2.45) is 5.73 Å². The molecular formula is C18H34N2. The van der Waals surface area contributed by atoms with Gasteiger partial charge in [-0.25, -0.2) is 0 Å². The van der Waals surface area contributed by atoms with E-state index in [1.807, 2.05) is 0 Å². The highest BCUT2D eigenvalue weighted by molar-refractivity contribution is 5.14. The number of rotatable bonds is 12.